The first-order valence-electron chi connectivity index (χ1n) is 9.67. The van der Waals surface area contributed by atoms with Crippen LogP contribution in [0, 0.1) is 5.82 Å². The third kappa shape index (κ3) is 4.85. The van der Waals surface area contributed by atoms with E-state index in [9.17, 15) is 14.0 Å². The summed E-state index contributed by atoms with van der Waals surface area (Å²) in [6.45, 7) is 3.60. The lowest BCUT2D eigenvalue weighted by Gasteiger charge is -2.30. The predicted octanol–water partition coefficient (Wildman–Crippen LogP) is 1.59. The SMILES string of the molecule is CC(=O)NC[C@H]1CN(c2ccc(N3C=NN(Cc4cnc(N)s4)CC3)c(F)c2)C(=O)O1. The van der Waals surface area contributed by atoms with E-state index < -0.39 is 18.0 Å². The zero-order chi connectivity index (χ0) is 22.0. The summed E-state index contributed by atoms with van der Waals surface area (Å²) in [6.07, 6.45) is 2.26. The Bertz CT molecular complexity index is 1010. The minimum atomic E-state index is -0.568. The van der Waals surface area contributed by atoms with Crippen LogP contribution in [0.15, 0.2) is 29.5 Å². The first-order chi connectivity index (χ1) is 14.9. The van der Waals surface area contributed by atoms with Gasteiger partial charge in [-0.05, 0) is 18.2 Å². The Morgan fingerprint density at radius 3 is 2.90 bits per heavy atom. The Balaban J connectivity index is 1.39. The molecule has 0 aliphatic carbocycles. The number of hydrogen-bond acceptors (Lipinski definition) is 9. The normalized spacial score (nSPS) is 18.5. The van der Waals surface area contributed by atoms with Crippen LogP contribution in [0.3, 0.4) is 0 Å². The van der Waals surface area contributed by atoms with Gasteiger partial charge in [0.2, 0.25) is 5.91 Å². The maximum atomic E-state index is 14.8. The Morgan fingerprint density at radius 2 is 2.26 bits per heavy atom. The number of nitrogens with one attached hydrogen (secondary N) is 1. The van der Waals surface area contributed by atoms with Crippen molar-refractivity contribution in [1.29, 1.82) is 0 Å². The standard InChI is InChI=1S/C19H22FN7O3S/c1-12(28)22-7-14-9-27(19(29)30-14)13-2-3-17(16(20)6-13)25-4-5-26(24-11-25)10-15-8-23-18(21)31-15/h2-3,6,8,11,14H,4-5,7,9-10H2,1H3,(H2,21,23)(H,22,28)/t14-/m0/s1. The van der Waals surface area contributed by atoms with E-state index in [0.29, 0.717) is 36.1 Å². The van der Waals surface area contributed by atoms with Crippen molar-refractivity contribution >= 4 is 46.2 Å². The molecule has 4 rings (SSSR count). The second-order valence-electron chi connectivity index (χ2n) is 7.17. The van der Waals surface area contributed by atoms with Gasteiger partial charge in [0.15, 0.2) is 5.13 Å². The number of halogens is 1. The molecule has 1 saturated heterocycles. The van der Waals surface area contributed by atoms with Gasteiger partial charge in [0.25, 0.3) is 0 Å². The van der Waals surface area contributed by atoms with Crippen LogP contribution in [0.25, 0.3) is 0 Å². The summed E-state index contributed by atoms with van der Waals surface area (Å²) < 4.78 is 20.1. The number of nitrogens with zero attached hydrogens (tertiary/aromatic N) is 5. The van der Waals surface area contributed by atoms with E-state index in [-0.39, 0.29) is 19.0 Å². The van der Waals surface area contributed by atoms with Gasteiger partial charge < -0.3 is 20.7 Å². The highest BCUT2D eigenvalue weighted by Crippen LogP contribution is 2.28. The van der Waals surface area contributed by atoms with Gasteiger partial charge in [-0.1, -0.05) is 0 Å². The number of thiazole rings is 1. The van der Waals surface area contributed by atoms with E-state index in [2.05, 4.69) is 15.4 Å². The minimum Gasteiger partial charge on any atom is -0.442 e. The van der Waals surface area contributed by atoms with Crippen LogP contribution in [0.4, 0.5) is 25.7 Å². The molecule has 0 unspecified atom stereocenters. The molecule has 0 radical (unpaired) electrons. The Labute approximate surface area is 182 Å². The highest BCUT2D eigenvalue weighted by atomic mass is 32.1. The van der Waals surface area contributed by atoms with Crippen LogP contribution in [-0.4, -0.2) is 60.6 Å². The fourth-order valence-electron chi connectivity index (χ4n) is 3.35. The van der Waals surface area contributed by atoms with Gasteiger partial charge in [-0.25, -0.2) is 14.2 Å². The minimum absolute atomic E-state index is 0.206. The molecule has 2 aliphatic heterocycles. The maximum absolute atomic E-state index is 14.8. The van der Waals surface area contributed by atoms with Crippen LogP contribution >= 0.6 is 11.3 Å². The molecule has 31 heavy (non-hydrogen) atoms. The van der Waals surface area contributed by atoms with Crippen molar-refractivity contribution in [3.63, 3.8) is 0 Å². The fraction of sp³-hybridized carbons (Fsp3) is 0.368. The number of anilines is 3. The van der Waals surface area contributed by atoms with Gasteiger partial charge in [0.1, 0.15) is 18.3 Å². The summed E-state index contributed by atoms with van der Waals surface area (Å²) in [7, 11) is 0. The Kier molecular flexibility index (Phi) is 5.89. The topological polar surface area (TPSA) is 116 Å². The average Bonchev–Trinajstić information content (AvgIpc) is 3.32. The molecule has 1 atom stereocenters. The van der Waals surface area contributed by atoms with Gasteiger partial charge in [0.05, 0.1) is 37.6 Å². The number of hydrazone groups is 1. The average molecular weight is 447 g/mol. The van der Waals surface area contributed by atoms with E-state index in [1.54, 1.807) is 29.6 Å². The van der Waals surface area contributed by atoms with Gasteiger partial charge in [-0.15, -0.1) is 11.3 Å². The molecule has 3 heterocycles. The largest absolute Gasteiger partial charge is 0.442 e. The molecule has 0 bridgehead atoms. The molecule has 1 aromatic heterocycles. The fourth-order valence-corrected chi connectivity index (χ4v) is 4.04. The molecular weight excluding hydrogens is 425 g/mol. The summed E-state index contributed by atoms with van der Waals surface area (Å²) in [6, 6.07) is 4.59. The van der Waals surface area contributed by atoms with Gasteiger partial charge in [-0.2, -0.15) is 5.10 Å². The van der Waals surface area contributed by atoms with E-state index in [1.807, 2.05) is 5.01 Å². The lowest BCUT2D eigenvalue weighted by atomic mass is 10.2. The molecular formula is C19H22FN7O3S. The van der Waals surface area contributed by atoms with Crippen LogP contribution in [0.2, 0.25) is 0 Å². The second-order valence-corrected chi connectivity index (χ2v) is 8.31. The number of amides is 2. The van der Waals surface area contributed by atoms with E-state index >= 15 is 0 Å². The lowest BCUT2D eigenvalue weighted by molar-refractivity contribution is -0.119. The molecule has 2 aliphatic rings. The van der Waals surface area contributed by atoms with Gasteiger partial charge in [0, 0.05) is 24.5 Å². The molecule has 1 aromatic carbocycles. The quantitative estimate of drug-likeness (QED) is 0.691. The van der Waals surface area contributed by atoms with Gasteiger partial charge >= 0.3 is 6.09 Å². The molecule has 0 saturated carbocycles. The van der Waals surface area contributed by atoms with Gasteiger partial charge in [-0.3, -0.25) is 14.7 Å². The highest BCUT2D eigenvalue weighted by molar-refractivity contribution is 7.15. The molecule has 2 aromatic rings. The highest BCUT2D eigenvalue weighted by Gasteiger charge is 2.33. The number of nitrogen functional groups attached to an aromatic ring is 1. The number of rotatable bonds is 6. The van der Waals surface area contributed by atoms with Crippen LogP contribution < -0.4 is 20.9 Å². The lowest BCUT2D eigenvalue weighted by Crippen LogP contribution is -2.38. The van der Waals surface area contributed by atoms with E-state index in [4.69, 9.17) is 10.5 Å². The third-order valence-electron chi connectivity index (χ3n) is 4.87. The maximum Gasteiger partial charge on any atom is 0.414 e. The monoisotopic (exact) mass is 447 g/mol. The van der Waals surface area contributed by atoms with E-state index in [1.165, 1.54) is 29.2 Å². The molecule has 12 heteroatoms. The van der Waals surface area contributed by atoms with E-state index in [0.717, 1.165) is 4.88 Å². The van der Waals surface area contributed by atoms with Crippen molar-refractivity contribution in [1.82, 2.24) is 15.3 Å². The van der Waals surface area contributed by atoms with Crippen molar-refractivity contribution in [2.45, 2.75) is 19.6 Å². The molecule has 1 fully saturated rings. The number of ether oxygens (including phenoxy) is 1. The number of hydrogen-bond donors (Lipinski definition) is 2. The summed E-state index contributed by atoms with van der Waals surface area (Å²) in [5.41, 5.74) is 6.42. The predicted molar refractivity (Wildman–Crippen MR) is 115 cm³/mol. The first-order valence-corrected chi connectivity index (χ1v) is 10.5. The van der Waals surface area contributed by atoms with Crippen molar-refractivity contribution in [3.8, 4) is 0 Å². The molecule has 164 valence electrons. The molecule has 2 amide bonds. The molecule has 3 N–H and O–H groups in total. The number of carbonyl (C=O) groups excluding carboxylic acids is 2. The number of nitrogens with two attached hydrogens (primary N) is 1. The number of cyclic esters (lactones) is 1. The summed E-state index contributed by atoms with van der Waals surface area (Å²) in [5, 5.41) is 9.37. The number of aromatic nitrogens is 1. The third-order valence-corrected chi connectivity index (χ3v) is 5.68. The molecule has 0 spiro atoms. The first kappa shape index (κ1) is 20.8. The van der Waals surface area contributed by atoms with Crippen molar-refractivity contribution in [2.24, 2.45) is 5.10 Å². The Morgan fingerprint density at radius 1 is 1.42 bits per heavy atom. The van der Waals surface area contributed by atoms with Crippen LogP contribution in [0.5, 0.6) is 0 Å². The van der Waals surface area contributed by atoms with Crippen molar-refractivity contribution < 1.29 is 18.7 Å². The number of carbonyl (C=O) groups is 2. The van der Waals surface area contributed by atoms with Crippen LogP contribution in [0.1, 0.15) is 11.8 Å². The number of benzene rings is 1. The van der Waals surface area contributed by atoms with Crippen molar-refractivity contribution in [2.75, 3.05) is 41.7 Å². The summed E-state index contributed by atoms with van der Waals surface area (Å²) >= 11 is 1.41. The second kappa shape index (κ2) is 8.76. The van der Waals surface area contributed by atoms with Crippen LogP contribution in [-0.2, 0) is 16.1 Å². The van der Waals surface area contributed by atoms with Crippen molar-refractivity contribution in [3.05, 3.63) is 35.1 Å². The zero-order valence-electron chi connectivity index (χ0n) is 16.8. The summed E-state index contributed by atoms with van der Waals surface area (Å²) in [5.74, 6) is -0.673. The molecule has 10 nitrogen and oxygen atoms in total. The smallest absolute Gasteiger partial charge is 0.414 e. The zero-order valence-corrected chi connectivity index (χ0v) is 17.6. The summed E-state index contributed by atoms with van der Waals surface area (Å²) in [4.78, 5) is 31.3. The Hall–Kier alpha value is -3.41.